The Balaban J connectivity index is 1.79. The molecule has 0 radical (unpaired) electrons. The Morgan fingerprint density at radius 3 is 2.70 bits per heavy atom. The molecule has 2 fully saturated rings. The third-order valence-electron chi connectivity index (χ3n) is 5.18. The van der Waals surface area contributed by atoms with Gasteiger partial charge in [0.15, 0.2) is 0 Å². The molecule has 2 N–H and O–H groups in total. The summed E-state index contributed by atoms with van der Waals surface area (Å²) >= 11 is 0. The van der Waals surface area contributed by atoms with Gasteiger partial charge in [-0.15, -0.1) is 0 Å². The van der Waals surface area contributed by atoms with Crippen molar-refractivity contribution in [2.45, 2.75) is 57.4 Å². The van der Waals surface area contributed by atoms with Crippen molar-refractivity contribution in [3.05, 3.63) is 0 Å². The van der Waals surface area contributed by atoms with Crippen LogP contribution in [0.25, 0.3) is 0 Å². The van der Waals surface area contributed by atoms with Gasteiger partial charge in [0.1, 0.15) is 5.54 Å². The Bertz CT molecular complexity index is 330. The van der Waals surface area contributed by atoms with Gasteiger partial charge in [0.05, 0.1) is 6.61 Å². The molecule has 2 unspecified atom stereocenters. The molecule has 4 heteroatoms. The first-order valence-electron chi connectivity index (χ1n) is 8.21. The second-order valence-corrected chi connectivity index (χ2v) is 6.70. The van der Waals surface area contributed by atoms with Crippen LogP contribution in [0.5, 0.6) is 0 Å². The minimum absolute atomic E-state index is 0.191. The Morgan fingerprint density at radius 1 is 1.35 bits per heavy atom. The van der Waals surface area contributed by atoms with Crippen molar-refractivity contribution in [1.82, 2.24) is 4.90 Å². The van der Waals surface area contributed by atoms with Crippen molar-refractivity contribution in [1.29, 1.82) is 0 Å². The SMILES string of the molecule is CCOC(=O)C1(N)CCCC1CCN(C)CC1CCC1. The van der Waals surface area contributed by atoms with Gasteiger partial charge in [0.25, 0.3) is 0 Å². The van der Waals surface area contributed by atoms with E-state index < -0.39 is 5.54 Å². The Labute approximate surface area is 123 Å². The van der Waals surface area contributed by atoms with Gasteiger partial charge in [-0.05, 0) is 64.5 Å². The molecule has 0 bridgehead atoms. The van der Waals surface area contributed by atoms with Gasteiger partial charge in [0, 0.05) is 6.54 Å². The Morgan fingerprint density at radius 2 is 2.10 bits per heavy atom. The van der Waals surface area contributed by atoms with Crippen LogP contribution in [-0.2, 0) is 9.53 Å². The second kappa shape index (κ2) is 6.90. The molecule has 2 atom stereocenters. The van der Waals surface area contributed by atoms with Gasteiger partial charge in [-0.2, -0.15) is 0 Å². The topological polar surface area (TPSA) is 55.6 Å². The Hall–Kier alpha value is -0.610. The van der Waals surface area contributed by atoms with Crippen LogP contribution in [0, 0.1) is 11.8 Å². The van der Waals surface area contributed by atoms with Crippen LogP contribution in [0.15, 0.2) is 0 Å². The van der Waals surface area contributed by atoms with Crippen molar-refractivity contribution < 1.29 is 9.53 Å². The van der Waals surface area contributed by atoms with Gasteiger partial charge in [-0.3, -0.25) is 4.79 Å². The van der Waals surface area contributed by atoms with Gasteiger partial charge in [-0.1, -0.05) is 12.8 Å². The third kappa shape index (κ3) is 3.53. The predicted octanol–water partition coefficient (Wildman–Crippen LogP) is 2.17. The van der Waals surface area contributed by atoms with E-state index in [4.69, 9.17) is 10.5 Å². The maximum atomic E-state index is 12.1. The molecule has 116 valence electrons. The lowest BCUT2D eigenvalue weighted by atomic mass is 9.84. The first kappa shape index (κ1) is 15.8. The van der Waals surface area contributed by atoms with Crippen LogP contribution >= 0.6 is 0 Å². The summed E-state index contributed by atoms with van der Waals surface area (Å²) in [4.78, 5) is 14.5. The van der Waals surface area contributed by atoms with Gasteiger partial charge in [0.2, 0.25) is 0 Å². The number of hydrogen-bond acceptors (Lipinski definition) is 4. The zero-order valence-electron chi connectivity index (χ0n) is 13.1. The molecule has 0 heterocycles. The lowest BCUT2D eigenvalue weighted by Crippen LogP contribution is -2.52. The average molecular weight is 282 g/mol. The molecule has 0 amide bonds. The third-order valence-corrected chi connectivity index (χ3v) is 5.18. The zero-order valence-corrected chi connectivity index (χ0v) is 13.1. The maximum absolute atomic E-state index is 12.1. The molecule has 2 aliphatic rings. The highest BCUT2D eigenvalue weighted by molar-refractivity contribution is 5.81. The standard InChI is InChI=1S/C16H30N2O2/c1-3-20-15(19)16(17)10-5-8-14(16)9-11-18(2)12-13-6-4-7-13/h13-14H,3-12,17H2,1-2H3. The van der Waals surface area contributed by atoms with E-state index in [1.165, 1.54) is 25.8 Å². The molecule has 20 heavy (non-hydrogen) atoms. The molecule has 2 aliphatic carbocycles. The maximum Gasteiger partial charge on any atom is 0.326 e. The average Bonchev–Trinajstić information content (AvgIpc) is 2.74. The molecule has 0 aromatic heterocycles. The molecule has 0 spiro atoms. The molecule has 0 saturated heterocycles. The smallest absolute Gasteiger partial charge is 0.326 e. The number of esters is 1. The van der Waals surface area contributed by atoms with E-state index in [-0.39, 0.29) is 11.9 Å². The fourth-order valence-electron chi connectivity index (χ4n) is 3.62. The van der Waals surface area contributed by atoms with E-state index in [1.807, 2.05) is 6.92 Å². The highest BCUT2D eigenvalue weighted by Crippen LogP contribution is 2.37. The first-order chi connectivity index (χ1) is 9.56. The van der Waals surface area contributed by atoms with Crippen LogP contribution in [0.4, 0.5) is 0 Å². The van der Waals surface area contributed by atoms with Crippen LogP contribution in [0.3, 0.4) is 0 Å². The van der Waals surface area contributed by atoms with Gasteiger partial charge >= 0.3 is 5.97 Å². The minimum atomic E-state index is -0.729. The summed E-state index contributed by atoms with van der Waals surface area (Å²) in [5.74, 6) is 0.991. The number of ether oxygens (including phenoxy) is 1. The van der Waals surface area contributed by atoms with Crippen molar-refractivity contribution in [2.24, 2.45) is 17.6 Å². The Kier molecular flexibility index (Phi) is 5.44. The lowest BCUT2D eigenvalue weighted by Gasteiger charge is -2.33. The lowest BCUT2D eigenvalue weighted by molar-refractivity contribution is -0.151. The number of nitrogens with two attached hydrogens (primary N) is 1. The molecular weight excluding hydrogens is 252 g/mol. The van der Waals surface area contributed by atoms with E-state index in [1.54, 1.807) is 0 Å². The van der Waals surface area contributed by atoms with Gasteiger partial charge < -0.3 is 15.4 Å². The summed E-state index contributed by atoms with van der Waals surface area (Å²) in [7, 11) is 2.19. The van der Waals surface area contributed by atoms with E-state index in [9.17, 15) is 4.79 Å². The van der Waals surface area contributed by atoms with Crippen molar-refractivity contribution in [3.63, 3.8) is 0 Å². The number of nitrogens with zero attached hydrogens (tertiary/aromatic N) is 1. The second-order valence-electron chi connectivity index (χ2n) is 6.70. The highest BCUT2D eigenvalue weighted by atomic mass is 16.5. The number of carbonyl (C=O) groups excluding carboxylic acids is 1. The van der Waals surface area contributed by atoms with Crippen molar-refractivity contribution in [3.8, 4) is 0 Å². The molecule has 0 aromatic rings. The number of carbonyl (C=O) groups is 1. The van der Waals surface area contributed by atoms with Gasteiger partial charge in [-0.25, -0.2) is 0 Å². The van der Waals surface area contributed by atoms with Crippen LogP contribution in [-0.4, -0.2) is 43.2 Å². The van der Waals surface area contributed by atoms with Crippen LogP contribution in [0.2, 0.25) is 0 Å². The molecule has 4 nitrogen and oxygen atoms in total. The first-order valence-corrected chi connectivity index (χ1v) is 8.21. The quantitative estimate of drug-likeness (QED) is 0.727. The number of rotatable bonds is 7. The molecule has 2 rings (SSSR count). The largest absolute Gasteiger partial charge is 0.465 e. The van der Waals surface area contributed by atoms with Crippen LogP contribution in [0.1, 0.15) is 51.9 Å². The summed E-state index contributed by atoms with van der Waals surface area (Å²) in [5, 5.41) is 0. The fraction of sp³-hybridized carbons (Fsp3) is 0.938. The minimum Gasteiger partial charge on any atom is -0.465 e. The molecule has 0 aromatic carbocycles. The number of hydrogen-bond donors (Lipinski definition) is 1. The molecular formula is C16H30N2O2. The monoisotopic (exact) mass is 282 g/mol. The van der Waals surface area contributed by atoms with E-state index in [0.29, 0.717) is 6.61 Å². The summed E-state index contributed by atoms with van der Waals surface area (Å²) in [6.07, 6.45) is 8.07. The van der Waals surface area contributed by atoms with E-state index in [0.717, 1.165) is 38.1 Å². The molecule has 0 aliphatic heterocycles. The van der Waals surface area contributed by atoms with E-state index in [2.05, 4.69) is 11.9 Å². The summed E-state index contributed by atoms with van der Waals surface area (Å²) < 4.78 is 5.18. The molecule has 2 saturated carbocycles. The van der Waals surface area contributed by atoms with Crippen LogP contribution < -0.4 is 5.73 Å². The normalized spacial score (nSPS) is 30.5. The van der Waals surface area contributed by atoms with E-state index >= 15 is 0 Å². The fourth-order valence-corrected chi connectivity index (χ4v) is 3.62. The van der Waals surface area contributed by atoms with Crippen molar-refractivity contribution in [2.75, 3.05) is 26.7 Å². The van der Waals surface area contributed by atoms with Crippen molar-refractivity contribution >= 4 is 5.97 Å². The summed E-state index contributed by atoms with van der Waals surface area (Å²) in [5.41, 5.74) is 5.64. The highest BCUT2D eigenvalue weighted by Gasteiger charge is 2.46. The predicted molar refractivity (Wildman–Crippen MR) is 80.3 cm³/mol. The summed E-state index contributed by atoms with van der Waals surface area (Å²) in [6, 6.07) is 0. The zero-order chi connectivity index (χ0) is 14.6. The summed E-state index contributed by atoms with van der Waals surface area (Å²) in [6.45, 7) is 4.51.